The fraction of sp³-hybridized carbons (Fsp3) is 0.474. The Morgan fingerprint density at radius 1 is 1.33 bits per heavy atom. The number of carbonyl (C=O) groups is 1. The van der Waals surface area contributed by atoms with Crippen molar-refractivity contribution in [2.24, 2.45) is 0 Å². The van der Waals surface area contributed by atoms with Gasteiger partial charge in [-0.25, -0.2) is 13.2 Å². The maximum Gasteiger partial charge on any atom is 0.336 e. The third kappa shape index (κ3) is 4.50. The van der Waals surface area contributed by atoms with Gasteiger partial charge in [-0.15, -0.1) is 0 Å². The van der Waals surface area contributed by atoms with E-state index in [2.05, 4.69) is 0 Å². The Kier molecular flexibility index (Phi) is 5.55. The number of amides is 1. The molecule has 1 aliphatic rings. The first-order valence-corrected chi connectivity index (χ1v) is 10.8. The Bertz CT molecular complexity index is 997. The van der Waals surface area contributed by atoms with Crippen molar-refractivity contribution in [2.75, 3.05) is 18.1 Å². The first-order chi connectivity index (χ1) is 12.8. The normalized spacial score (nSPS) is 19.7. The number of hydrogen-bond acceptors (Lipinski definition) is 6. The van der Waals surface area contributed by atoms with E-state index in [-0.39, 0.29) is 36.1 Å². The molecule has 1 aromatic heterocycles. The smallest absolute Gasteiger partial charge is 0.336 e. The second-order valence-corrected chi connectivity index (χ2v) is 9.09. The molecule has 146 valence electrons. The lowest BCUT2D eigenvalue weighted by molar-refractivity contribution is -0.137. The number of carbonyl (C=O) groups excluding carboxylic acids is 1. The number of ether oxygens (including phenoxy) is 1. The molecule has 8 heteroatoms. The minimum absolute atomic E-state index is 0.00418. The lowest BCUT2D eigenvalue weighted by atomic mass is 10.1. The van der Waals surface area contributed by atoms with Crippen LogP contribution < -0.4 is 10.4 Å². The van der Waals surface area contributed by atoms with Crippen LogP contribution in [-0.2, 0) is 14.6 Å². The summed E-state index contributed by atoms with van der Waals surface area (Å²) in [6.45, 7) is 3.66. The van der Waals surface area contributed by atoms with Crippen molar-refractivity contribution in [1.29, 1.82) is 0 Å². The van der Waals surface area contributed by atoms with Crippen LogP contribution in [-0.4, -0.2) is 49.4 Å². The topological polar surface area (TPSA) is 93.9 Å². The first kappa shape index (κ1) is 19.4. The average Bonchev–Trinajstić information content (AvgIpc) is 2.98. The quantitative estimate of drug-likeness (QED) is 0.697. The second kappa shape index (κ2) is 7.72. The molecule has 7 nitrogen and oxygen atoms in total. The fourth-order valence-corrected chi connectivity index (χ4v) is 5.06. The standard InChI is InChI=1S/C19H23NO6S/c1-3-13(2)20(15-8-9-27(23,24)12-15)18(21)11-25-16-6-4-14-5-7-19(22)26-17(14)10-16/h4-7,10,13,15H,3,8-9,11-12H2,1-2H3/t13-,15+/m0/s1. The largest absolute Gasteiger partial charge is 0.484 e. The summed E-state index contributed by atoms with van der Waals surface area (Å²) in [4.78, 5) is 25.8. The molecule has 2 atom stereocenters. The number of nitrogens with zero attached hydrogens (tertiary/aromatic N) is 1. The van der Waals surface area contributed by atoms with E-state index in [1.807, 2.05) is 13.8 Å². The van der Waals surface area contributed by atoms with Gasteiger partial charge < -0.3 is 14.1 Å². The molecule has 0 N–H and O–H groups in total. The molecule has 0 radical (unpaired) electrons. The summed E-state index contributed by atoms with van der Waals surface area (Å²) in [6.07, 6.45) is 1.18. The molecule has 1 amide bonds. The molecule has 1 saturated heterocycles. The zero-order valence-corrected chi connectivity index (χ0v) is 16.2. The molecule has 3 rings (SSSR count). The summed E-state index contributed by atoms with van der Waals surface area (Å²) in [5, 5.41) is 0.755. The van der Waals surface area contributed by atoms with Crippen molar-refractivity contribution >= 4 is 26.7 Å². The summed E-state index contributed by atoms with van der Waals surface area (Å²) in [5.74, 6) is 0.279. The number of rotatable bonds is 6. The van der Waals surface area contributed by atoms with Gasteiger partial charge in [0.15, 0.2) is 16.4 Å². The molecule has 2 heterocycles. The van der Waals surface area contributed by atoms with E-state index in [1.165, 1.54) is 6.07 Å². The van der Waals surface area contributed by atoms with E-state index < -0.39 is 15.5 Å². The van der Waals surface area contributed by atoms with Crippen LogP contribution in [0.25, 0.3) is 11.0 Å². The number of benzene rings is 1. The third-order valence-corrected chi connectivity index (χ3v) is 6.66. The molecule has 1 aliphatic heterocycles. The van der Waals surface area contributed by atoms with E-state index in [1.54, 1.807) is 29.2 Å². The zero-order valence-electron chi connectivity index (χ0n) is 15.4. The molecular formula is C19H23NO6S. The summed E-state index contributed by atoms with van der Waals surface area (Å²) in [6, 6.07) is 7.62. The van der Waals surface area contributed by atoms with Crippen LogP contribution in [0.4, 0.5) is 0 Å². The minimum atomic E-state index is -3.09. The summed E-state index contributed by atoms with van der Waals surface area (Å²) >= 11 is 0. The van der Waals surface area contributed by atoms with Gasteiger partial charge in [0.2, 0.25) is 0 Å². The van der Waals surface area contributed by atoms with Gasteiger partial charge in [0.05, 0.1) is 11.5 Å². The van der Waals surface area contributed by atoms with E-state index in [0.29, 0.717) is 17.8 Å². The highest BCUT2D eigenvalue weighted by Gasteiger charge is 2.36. The predicted octanol–water partition coefficient (Wildman–Crippen LogP) is 1.99. The first-order valence-electron chi connectivity index (χ1n) is 8.97. The lowest BCUT2D eigenvalue weighted by Crippen LogP contribution is -2.48. The van der Waals surface area contributed by atoms with E-state index in [4.69, 9.17) is 9.15 Å². The fourth-order valence-electron chi connectivity index (χ4n) is 3.35. The Balaban J connectivity index is 1.73. The SMILES string of the molecule is CC[C@H](C)N(C(=O)COc1ccc2ccc(=O)oc2c1)[C@@H]1CCS(=O)(=O)C1. The van der Waals surface area contributed by atoms with Crippen LogP contribution in [0, 0.1) is 0 Å². The molecule has 0 bridgehead atoms. The van der Waals surface area contributed by atoms with Crippen molar-refractivity contribution in [3.63, 3.8) is 0 Å². The maximum atomic E-state index is 12.8. The Morgan fingerprint density at radius 2 is 2.07 bits per heavy atom. The van der Waals surface area contributed by atoms with Crippen molar-refractivity contribution in [2.45, 2.75) is 38.8 Å². The van der Waals surface area contributed by atoms with Crippen molar-refractivity contribution in [1.82, 2.24) is 4.90 Å². The lowest BCUT2D eigenvalue weighted by Gasteiger charge is -2.33. The molecule has 0 unspecified atom stereocenters. The van der Waals surface area contributed by atoms with Crippen molar-refractivity contribution < 1.29 is 22.4 Å². The van der Waals surface area contributed by atoms with Gasteiger partial charge in [0.25, 0.3) is 5.91 Å². The number of sulfone groups is 1. The molecule has 0 aliphatic carbocycles. The Morgan fingerprint density at radius 3 is 2.74 bits per heavy atom. The van der Waals surface area contributed by atoms with E-state index in [9.17, 15) is 18.0 Å². The average molecular weight is 393 g/mol. The number of fused-ring (bicyclic) bond motifs is 1. The van der Waals surface area contributed by atoms with Crippen LogP contribution in [0.15, 0.2) is 39.5 Å². The predicted molar refractivity (Wildman–Crippen MR) is 102 cm³/mol. The van der Waals surface area contributed by atoms with Gasteiger partial charge in [-0.05, 0) is 38.0 Å². The van der Waals surface area contributed by atoms with Gasteiger partial charge in [-0.2, -0.15) is 0 Å². The molecule has 0 spiro atoms. The molecule has 0 saturated carbocycles. The molecular weight excluding hydrogens is 370 g/mol. The van der Waals surface area contributed by atoms with Gasteiger partial charge in [0, 0.05) is 29.6 Å². The van der Waals surface area contributed by atoms with Gasteiger partial charge >= 0.3 is 5.63 Å². The van der Waals surface area contributed by atoms with Gasteiger partial charge in [0.1, 0.15) is 11.3 Å². The van der Waals surface area contributed by atoms with Crippen molar-refractivity contribution in [3.8, 4) is 5.75 Å². The van der Waals surface area contributed by atoms with Crippen LogP contribution >= 0.6 is 0 Å². The Labute approximate surface area is 157 Å². The van der Waals surface area contributed by atoms with E-state index in [0.717, 1.165) is 11.8 Å². The highest BCUT2D eigenvalue weighted by atomic mass is 32.2. The zero-order chi connectivity index (χ0) is 19.6. The van der Waals surface area contributed by atoms with Crippen LogP contribution in [0.3, 0.4) is 0 Å². The van der Waals surface area contributed by atoms with Crippen molar-refractivity contribution in [3.05, 3.63) is 40.8 Å². The molecule has 27 heavy (non-hydrogen) atoms. The summed E-state index contributed by atoms with van der Waals surface area (Å²) in [5.41, 5.74) is -0.0748. The molecule has 1 aromatic carbocycles. The maximum absolute atomic E-state index is 12.8. The van der Waals surface area contributed by atoms with E-state index >= 15 is 0 Å². The Hall–Kier alpha value is -2.35. The molecule has 1 fully saturated rings. The number of hydrogen-bond donors (Lipinski definition) is 0. The van der Waals surface area contributed by atoms with Crippen LogP contribution in [0.2, 0.25) is 0 Å². The second-order valence-electron chi connectivity index (χ2n) is 6.86. The van der Waals surface area contributed by atoms with Crippen LogP contribution in [0.5, 0.6) is 5.75 Å². The highest BCUT2D eigenvalue weighted by molar-refractivity contribution is 7.91. The van der Waals surface area contributed by atoms with Gasteiger partial charge in [-0.1, -0.05) is 6.92 Å². The summed E-state index contributed by atoms with van der Waals surface area (Å²) < 4.78 is 34.3. The van der Waals surface area contributed by atoms with Gasteiger partial charge in [-0.3, -0.25) is 4.79 Å². The highest BCUT2D eigenvalue weighted by Crippen LogP contribution is 2.23. The summed E-state index contributed by atoms with van der Waals surface area (Å²) in [7, 11) is -3.09. The third-order valence-electron chi connectivity index (χ3n) is 4.91. The molecule has 2 aromatic rings. The monoisotopic (exact) mass is 393 g/mol. The minimum Gasteiger partial charge on any atom is -0.484 e. The van der Waals surface area contributed by atoms with Crippen LogP contribution in [0.1, 0.15) is 26.7 Å².